The first kappa shape index (κ1) is 16.3. The lowest BCUT2D eigenvalue weighted by molar-refractivity contribution is -0.144. The number of benzene rings is 1. The molecule has 0 aromatic heterocycles. The van der Waals surface area contributed by atoms with Crippen molar-refractivity contribution in [2.24, 2.45) is 5.92 Å². The third-order valence-corrected chi connectivity index (χ3v) is 3.83. The van der Waals surface area contributed by atoms with Gasteiger partial charge in [-0.25, -0.2) is 0 Å². The van der Waals surface area contributed by atoms with Crippen LogP contribution in [0.4, 0.5) is 0 Å². The number of carbonyl (C=O) groups excluding carboxylic acids is 1. The Labute approximate surface area is 129 Å². The van der Waals surface area contributed by atoms with Gasteiger partial charge in [0.15, 0.2) is 0 Å². The predicted molar refractivity (Wildman–Crippen MR) is 79.6 cm³/mol. The summed E-state index contributed by atoms with van der Waals surface area (Å²) in [5.74, 6) is -0.731. The highest BCUT2D eigenvalue weighted by Gasteiger charge is 2.32. The van der Waals surface area contributed by atoms with Gasteiger partial charge in [-0.15, -0.1) is 0 Å². The van der Waals surface area contributed by atoms with Crippen molar-refractivity contribution in [1.29, 1.82) is 0 Å². The van der Waals surface area contributed by atoms with E-state index in [1.165, 1.54) is 0 Å². The fraction of sp³-hybridized carbons (Fsp3) is 0.500. The van der Waals surface area contributed by atoms with Crippen molar-refractivity contribution in [3.63, 3.8) is 0 Å². The van der Waals surface area contributed by atoms with Crippen molar-refractivity contribution in [2.45, 2.75) is 26.1 Å². The molecule has 0 unspecified atom stereocenters. The average molecular weight is 307 g/mol. The molecule has 1 aromatic rings. The zero-order valence-corrected chi connectivity index (χ0v) is 12.8. The van der Waals surface area contributed by atoms with E-state index < -0.39 is 18.0 Å². The number of carbonyl (C=O) groups is 2. The second-order valence-corrected chi connectivity index (χ2v) is 5.41. The van der Waals surface area contributed by atoms with Gasteiger partial charge in [-0.1, -0.05) is 12.1 Å². The molecule has 1 aliphatic heterocycles. The molecule has 120 valence electrons. The van der Waals surface area contributed by atoms with E-state index >= 15 is 0 Å². The number of methoxy groups -OCH3 is 1. The van der Waals surface area contributed by atoms with Crippen molar-refractivity contribution in [2.75, 3.05) is 20.2 Å². The number of amides is 1. The van der Waals surface area contributed by atoms with E-state index in [0.29, 0.717) is 19.6 Å². The molecule has 1 amide bonds. The molecule has 0 radical (unpaired) electrons. The molecule has 1 fully saturated rings. The van der Waals surface area contributed by atoms with Gasteiger partial charge < -0.3 is 19.5 Å². The van der Waals surface area contributed by atoms with E-state index in [0.717, 1.165) is 11.3 Å². The summed E-state index contributed by atoms with van der Waals surface area (Å²) >= 11 is 0. The Hall–Kier alpha value is -2.08. The lowest BCUT2D eigenvalue weighted by atomic mass is 10.1. The maximum atomic E-state index is 12.2. The second kappa shape index (κ2) is 7.26. The summed E-state index contributed by atoms with van der Waals surface area (Å²) in [6, 6.07) is 7.46. The fourth-order valence-electron chi connectivity index (χ4n) is 2.47. The normalized spacial score (nSPS) is 19.0. The standard InChI is InChI=1S/C16H21NO5/c1-11(15(18)17-7-6-13(9-17)16(19)20)22-10-12-4-3-5-14(8-12)21-2/h3-5,8,11,13H,6-7,9-10H2,1-2H3,(H,19,20)/t11-,13-/m1/s1. The minimum Gasteiger partial charge on any atom is -0.497 e. The van der Waals surface area contributed by atoms with Gasteiger partial charge in [0.1, 0.15) is 11.9 Å². The molecule has 0 spiro atoms. The topological polar surface area (TPSA) is 76.1 Å². The average Bonchev–Trinajstić information content (AvgIpc) is 3.02. The second-order valence-electron chi connectivity index (χ2n) is 5.41. The van der Waals surface area contributed by atoms with Crippen LogP contribution in [0.15, 0.2) is 24.3 Å². The monoisotopic (exact) mass is 307 g/mol. The summed E-state index contributed by atoms with van der Waals surface area (Å²) in [5, 5.41) is 8.97. The molecule has 22 heavy (non-hydrogen) atoms. The number of aliphatic carboxylic acids is 1. The van der Waals surface area contributed by atoms with Crippen LogP contribution < -0.4 is 4.74 Å². The Bertz CT molecular complexity index is 545. The number of hydrogen-bond donors (Lipinski definition) is 1. The van der Waals surface area contributed by atoms with Crippen molar-refractivity contribution >= 4 is 11.9 Å². The van der Waals surface area contributed by atoms with Crippen LogP contribution in [0.5, 0.6) is 5.75 Å². The highest BCUT2D eigenvalue weighted by Crippen LogP contribution is 2.19. The van der Waals surface area contributed by atoms with Gasteiger partial charge >= 0.3 is 5.97 Å². The number of rotatable bonds is 6. The number of carboxylic acid groups (broad SMARTS) is 1. The summed E-state index contributed by atoms with van der Waals surface area (Å²) in [7, 11) is 1.60. The predicted octanol–water partition coefficient (Wildman–Crippen LogP) is 1.53. The number of ether oxygens (including phenoxy) is 2. The van der Waals surface area contributed by atoms with Crippen molar-refractivity contribution in [1.82, 2.24) is 4.90 Å². The summed E-state index contributed by atoms with van der Waals surface area (Å²) < 4.78 is 10.7. The zero-order chi connectivity index (χ0) is 16.1. The molecule has 6 nitrogen and oxygen atoms in total. The Balaban J connectivity index is 1.85. The van der Waals surface area contributed by atoms with E-state index in [1.54, 1.807) is 18.9 Å². The van der Waals surface area contributed by atoms with Gasteiger partial charge in [-0.05, 0) is 31.0 Å². The smallest absolute Gasteiger partial charge is 0.308 e. The Morgan fingerprint density at radius 2 is 2.23 bits per heavy atom. The summed E-state index contributed by atoms with van der Waals surface area (Å²) in [4.78, 5) is 24.7. The minimum absolute atomic E-state index is 0.161. The number of likely N-dealkylation sites (tertiary alicyclic amines) is 1. The Morgan fingerprint density at radius 3 is 2.86 bits per heavy atom. The molecule has 1 heterocycles. The van der Waals surface area contributed by atoms with Gasteiger partial charge in [0.05, 0.1) is 19.6 Å². The van der Waals surface area contributed by atoms with Crippen LogP contribution >= 0.6 is 0 Å². The van der Waals surface area contributed by atoms with Crippen LogP contribution in [0.2, 0.25) is 0 Å². The summed E-state index contributed by atoms with van der Waals surface area (Å²) in [5.41, 5.74) is 0.920. The van der Waals surface area contributed by atoms with E-state index in [1.807, 2.05) is 24.3 Å². The molecular weight excluding hydrogens is 286 g/mol. The molecule has 0 saturated carbocycles. The molecular formula is C16H21NO5. The largest absolute Gasteiger partial charge is 0.497 e. The molecule has 1 aromatic carbocycles. The Kier molecular flexibility index (Phi) is 5.38. The van der Waals surface area contributed by atoms with Crippen LogP contribution in [-0.2, 0) is 20.9 Å². The van der Waals surface area contributed by atoms with Gasteiger partial charge in [0, 0.05) is 13.1 Å². The fourth-order valence-corrected chi connectivity index (χ4v) is 2.47. The molecule has 0 bridgehead atoms. The van der Waals surface area contributed by atoms with E-state index in [-0.39, 0.29) is 12.5 Å². The third kappa shape index (κ3) is 3.98. The molecule has 0 aliphatic carbocycles. The van der Waals surface area contributed by atoms with E-state index in [9.17, 15) is 9.59 Å². The lowest BCUT2D eigenvalue weighted by Crippen LogP contribution is -2.38. The third-order valence-electron chi connectivity index (χ3n) is 3.83. The van der Waals surface area contributed by atoms with Crippen molar-refractivity contribution in [3.05, 3.63) is 29.8 Å². The lowest BCUT2D eigenvalue weighted by Gasteiger charge is -2.21. The first-order valence-electron chi connectivity index (χ1n) is 7.27. The van der Waals surface area contributed by atoms with Gasteiger partial charge in [-0.2, -0.15) is 0 Å². The molecule has 1 saturated heterocycles. The SMILES string of the molecule is COc1cccc(CO[C@H](C)C(=O)N2CC[C@@H](C(=O)O)C2)c1. The van der Waals surface area contributed by atoms with Gasteiger partial charge in [0.2, 0.25) is 0 Å². The molecule has 6 heteroatoms. The van der Waals surface area contributed by atoms with Crippen LogP contribution in [0.3, 0.4) is 0 Å². The minimum atomic E-state index is -0.847. The summed E-state index contributed by atoms with van der Waals surface area (Å²) in [6.45, 7) is 2.74. The van der Waals surface area contributed by atoms with Crippen LogP contribution in [0, 0.1) is 5.92 Å². The summed E-state index contributed by atoms with van der Waals surface area (Å²) in [6.07, 6.45) is -0.0947. The highest BCUT2D eigenvalue weighted by molar-refractivity contribution is 5.82. The number of hydrogen-bond acceptors (Lipinski definition) is 4. The molecule has 2 atom stereocenters. The number of carboxylic acids is 1. The molecule has 2 rings (SSSR count). The first-order chi connectivity index (χ1) is 10.5. The quantitative estimate of drug-likeness (QED) is 0.862. The van der Waals surface area contributed by atoms with E-state index in [4.69, 9.17) is 14.6 Å². The van der Waals surface area contributed by atoms with E-state index in [2.05, 4.69) is 0 Å². The van der Waals surface area contributed by atoms with Gasteiger partial charge in [0.25, 0.3) is 5.91 Å². The first-order valence-corrected chi connectivity index (χ1v) is 7.27. The molecule has 1 aliphatic rings. The van der Waals surface area contributed by atoms with Crippen LogP contribution in [-0.4, -0.2) is 48.2 Å². The maximum Gasteiger partial charge on any atom is 0.308 e. The Morgan fingerprint density at radius 1 is 1.45 bits per heavy atom. The number of nitrogens with zero attached hydrogens (tertiary/aromatic N) is 1. The van der Waals surface area contributed by atoms with Crippen molar-refractivity contribution in [3.8, 4) is 5.75 Å². The maximum absolute atomic E-state index is 12.2. The van der Waals surface area contributed by atoms with Crippen molar-refractivity contribution < 1.29 is 24.2 Å². The van der Waals surface area contributed by atoms with Crippen LogP contribution in [0.1, 0.15) is 18.9 Å². The van der Waals surface area contributed by atoms with Gasteiger partial charge in [-0.3, -0.25) is 9.59 Å². The molecule has 1 N–H and O–H groups in total. The van der Waals surface area contributed by atoms with Crippen LogP contribution in [0.25, 0.3) is 0 Å². The highest BCUT2D eigenvalue weighted by atomic mass is 16.5. The zero-order valence-electron chi connectivity index (χ0n) is 12.8.